The van der Waals surface area contributed by atoms with E-state index in [4.69, 9.17) is 24.1 Å². The minimum atomic E-state index is -0.765. The number of benzene rings is 2. The summed E-state index contributed by atoms with van der Waals surface area (Å²) < 4.78 is 24.8. The van der Waals surface area contributed by atoms with Crippen LogP contribution in [0.15, 0.2) is 66.6 Å². The predicted octanol–water partition coefficient (Wildman–Crippen LogP) is 4.04. The van der Waals surface area contributed by atoms with Crippen LogP contribution in [0.2, 0.25) is 0 Å². The summed E-state index contributed by atoms with van der Waals surface area (Å²) in [5.41, 5.74) is 1.89. The molecule has 3 N–H and O–H groups in total. The van der Waals surface area contributed by atoms with Gasteiger partial charge in [-0.1, -0.05) is 30.3 Å². The van der Waals surface area contributed by atoms with Crippen LogP contribution in [0.5, 0.6) is 5.75 Å². The highest BCUT2D eigenvalue weighted by Crippen LogP contribution is 2.42. The highest BCUT2D eigenvalue weighted by Gasteiger charge is 2.39. The van der Waals surface area contributed by atoms with Gasteiger partial charge in [-0.15, -0.1) is 0 Å². The second-order valence-corrected chi connectivity index (χ2v) is 9.36. The van der Waals surface area contributed by atoms with E-state index in [2.05, 4.69) is 5.32 Å². The molecule has 214 valence electrons. The molecule has 40 heavy (non-hydrogen) atoms. The van der Waals surface area contributed by atoms with E-state index in [9.17, 15) is 14.7 Å². The lowest BCUT2D eigenvalue weighted by molar-refractivity contribution is -0.166. The van der Waals surface area contributed by atoms with Crippen LogP contribution in [0.4, 0.5) is 5.69 Å². The van der Waals surface area contributed by atoms with Crippen LogP contribution in [0, 0.1) is 5.92 Å². The molecule has 0 spiro atoms. The molecule has 0 saturated carbocycles. The number of hydrogen-bond acceptors (Lipinski definition) is 8. The number of rotatable bonds is 13. The maximum atomic E-state index is 13.3. The molecule has 0 saturated heterocycles. The fraction of sp³-hybridized carbons (Fsp3) is 0.400. The second-order valence-electron chi connectivity index (χ2n) is 9.36. The molecule has 2 heterocycles. The summed E-state index contributed by atoms with van der Waals surface area (Å²) in [5, 5.41) is 22.6. The molecule has 3 aromatic rings. The number of para-hydroxylation sites is 3. The number of carbonyl (C=O) groups excluding carboxylic acids is 2. The molecule has 1 amide bonds. The highest BCUT2D eigenvalue weighted by molar-refractivity contribution is 6.03. The molecule has 0 aliphatic carbocycles. The number of phenolic OH excluding ortho intramolecular Hbond substituents is 1. The lowest BCUT2D eigenvalue weighted by Crippen LogP contribution is -2.38. The number of aliphatic hydroxyl groups is 1. The van der Waals surface area contributed by atoms with Crippen molar-refractivity contribution in [3.8, 4) is 5.75 Å². The number of fused-ring (bicyclic) bond motifs is 1. The van der Waals surface area contributed by atoms with Crippen molar-refractivity contribution < 1.29 is 38.7 Å². The first-order valence-corrected chi connectivity index (χ1v) is 13.4. The summed E-state index contributed by atoms with van der Waals surface area (Å²) in [4.78, 5) is 25.8. The average molecular weight is 553 g/mol. The smallest absolute Gasteiger partial charge is 0.290 e. The van der Waals surface area contributed by atoms with Crippen molar-refractivity contribution in [2.75, 3.05) is 45.0 Å². The Bertz CT molecular complexity index is 1330. The van der Waals surface area contributed by atoms with E-state index in [1.54, 1.807) is 28.8 Å². The summed E-state index contributed by atoms with van der Waals surface area (Å²) in [6.45, 7) is 5.04. The summed E-state index contributed by atoms with van der Waals surface area (Å²) in [7, 11) is 0. The van der Waals surface area contributed by atoms with E-state index < -0.39 is 12.2 Å². The van der Waals surface area contributed by atoms with Gasteiger partial charge in [0.25, 0.3) is 5.91 Å². The zero-order chi connectivity index (χ0) is 28.5. The van der Waals surface area contributed by atoms with Crippen LogP contribution >= 0.6 is 0 Å². The largest absolute Gasteiger partial charge is 0.506 e. The lowest BCUT2D eigenvalue weighted by atomic mass is 9.81. The van der Waals surface area contributed by atoms with Gasteiger partial charge in [-0.05, 0) is 43.2 Å². The van der Waals surface area contributed by atoms with E-state index in [0.29, 0.717) is 32.8 Å². The maximum Gasteiger partial charge on any atom is 0.290 e. The Balaban J connectivity index is 1.68. The number of anilines is 1. The van der Waals surface area contributed by atoms with Gasteiger partial charge in [0.2, 0.25) is 12.2 Å². The number of nitrogens with zero attached hydrogens (tertiary/aromatic N) is 1. The molecule has 0 unspecified atom stereocenters. The SMILES string of the molecule is CCO[C@H]1OC(C(=O)Nc2ccccc2O)=C[C@@H](c2cn(C(C)=O)c3ccccc23)[C@@H]1CCOCCOCCO. The summed E-state index contributed by atoms with van der Waals surface area (Å²) in [6.07, 6.45) is 3.35. The third kappa shape index (κ3) is 6.89. The van der Waals surface area contributed by atoms with Crippen molar-refractivity contribution in [1.82, 2.24) is 4.57 Å². The zero-order valence-electron chi connectivity index (χ0n) is 22.7. The van der Waals surface area contributed by atoms with E-state index in [-0.39, 0.29) is 48.2 Å². The first-order chi connectivity index (χ1) is 19.4. The fourth-order valence-electron chi connectivity index (χ4n) is 4.90. The van der Waals surface area contributed by atoms with Gasteiger partial charge in [0.1, 0.15) is 5.75 Å². The fourth-order valence-corrected chi connectivity index (χ4v) is 4.90. The Kier molecular flexibility index (Phi) is 10.3. The number of carbonyl (C=O) groups is 2. The molecular formula is C30H36N2O8. The first kappa shape index (κ1) is 29.3. The Morgan fingerprint density at radius 2 is 1.75 bits per heavy atom. The Hall–Kier alpha value is -3.70. The van der Waals surface area contributed by atoms with Gasteiger partial charge in [0, 0.05) is 43.6 Å². The standard InChI is InChI=1S/C30H36N2O8/c1-3-39-30-22(12-14-37-16-17-38-15-13-33)23(24-19-32(20(2)34)26-10-6-4-8-21(24)26)18-28(40-30)29(36)31-25-9-5-7-11-27(25)35/h4-11,18-19,22-23,30,33,35H,3,12-17H2,1-2H3,(H,31,36)/t22-,23+,30-/m0/s1. The Morgan fingerprint density at radius 1 is 1.02 bits per heavy atom. The normalized spacial score (nSPS) is 18.8. The van der Waals surface area contributed by atoms with Crippen molar-refractivity contribution in [1.29, 1.82) is 0 Å². The van der Waals surface area contributed by atoms with Crippen molar-refractivity contribution in [3.63, 3.8) is 0 Å². The number of phenols is 1. The molecule has 0 bridgehead atoms. The van der Waals surface area contributed by atoms with Crippen LogP contribution in [0.1, 0.15) is 36.5 Å². The molecule has 3 atom stereocenters. The molecule has 0 fully saturated rings. The number of nitrogens with one attached hydrogen (secondary N) is 1. The van der Waals surface area contributed by atoms with Gasteiger partial charge in [-0.3, -0.25) is 14.2 Å². The lowest BCUT2D eigenvalue weighted by Gasteiger charge is -2.36. The molecule has 2 aromatic carbocycles. The van der Waals surface area contributed by atoms with Crippen molar-refractivity contribution in [3.05, 3.63) is 72.1 Å². The summed E-state index contributed by atoms with van der Waals surface area (Å²) in [6, 6.07) is 14.1. The van der Waals surface area contributed by atoms with E-state index >= 15 is 0 Å². The predicted molar refractivity (Wildman–Crippen MR) is 149 cm³/mol. The summed E-state index contributed by atoms with van der Waals surface area (Å²) in [5.74, 6) is -1.25. The molecule has 1 aliphatic rings. The Morgan fingerprint density at radius 3 is 2.48 bits per heavy atom. The number of aromatic nitrogens is 1. The second kappa shape index (κ2) is 14.1. The van der Waals surface area contributed by atoms with Gasteiger partial charge < -0.3 is 34.5 Å². The van der Waals surface area contributed by atoms with Crippen LogP contribution in [-0.4, -0.2) is 72.5 Å². The molecule has 4 rings (SSSR count). The molecule has 0 radical (unpaired) electrons. The third-order valence-electron chi connectivity index (χ3n) is 6.74. The van der Waals surface area contributed by atoms with Gasteiger partial charge in [-0.2, -0.15) is 0 Å². The number of amides is 1. The summed E-state index contributed by atoms with van der Waals surface area (Å²) >= 11 is 0. The van der Waals surface area contributed by atoms with Crippen LogP contribution < -0.4 is 5.32 Å². The van der Waals surface area contributed by atoms with E-state index in [1.165, 1.54) is 13.0 Å². The maximum absolute atomic E-state index is 13.3. The van der Waals surface area contributed by atoms with Gasteiger partial charge in [-0.25, -0.2) is 0 Å². The quantitative estimate of drug-likeness (QED) is 0.214. The van der Waals surface area contributed by atoms with Crippen molar-refractivity contribution in [2.24, 2.45) is 5.92 Å². The van der Waals surface area contributed by atoms with Gasteiger partial charge in [0.05, 0.1) is 37.6 Å². The van der Waals surface area contributed by atoms with Gasteiger partial charge in [0.15, 0.2) is 5.76 Å². The van der Waals surface area contributed by atoms with Crippen LogP contribution in [0.3, 0.4) is 0 Å². The topological polar surface area (TPSA) is 128 Å². The Labute approximate surface area is 233 Å². The van der Waals surface area contributed by atoms with Crippen molar-refractivity contribution in [2.45, 2.75) is 32.5 Å². The average Bonchev–Trinajstić information content (AvgIpc) is 3.34. The zero-order valence-corrected chi connectivity index (χ0v) is 22.7. The monoisotopic (exact) mass is 552 g/mol. The van der Waals surface area contributed by atoms with E-state index in [1.807, 2.05) is 37.4 Å². The van der Waals surface area contributed by atoms with E-state index in [0.717, 1.165) is 16.5 Å². The number of aliphatic hydroxyl groups excluding tert-OH is 1. The number of aromatic hydroxyl groups is 1. The minimum absolute atomic E-state index is 0.0445. The number of ether oxygens (including phenoxy) is 4. The van der Waals surface area contributed by atoms with Crippen LogP contribution in [-0.2, 0) is 23.7 Å². The molecular weight excluding hydrogens is 516 g/mol. The first-order valence-electron chi connectivity index (χ1n) is 13.4. The molecule has 1 aromatic heterocycles. The third-order valence-corrected chi connectivity index (χ3v) is 6.74. The molecule has 10 heteroatoms. The number of allylic oxidation sites excluding steroid dienone is 1. The van der Waals surface area contributed by atoms with Gasteiger partial charge >= 0.3 is 0 Å². The highest BCUT2D eigenvalue weighted by atomic mass is 16.7. The minimum Gasteiger partial charge on any atom is -0.506 e. The molecule has 1 aliphatic heterocycles. The number of hydrogen-bond donors (Lipinski definition) is 3. The van der Waals surface area contributed by atoms with Crippen molar-refractivity contribution >= 4 is 28.4 Å². The van der Waals surface area contributed by atoms with Crippen LogP contribution in [0.25, 0.3) is 10.9 Å². The molecule has 10 nitrogen and oxygen atoms in total.